The highest BCUT2D eigenvalue weighted by Crippen LogP contribution is 2.12. The Labute approximate surface area is 71.0 Å². The molecule has 0 aromatic rings. The Hall–Kier alpha value is -0.480. The van der Waals surface area contributed by atoms with Crippen LogP contribution in [0.2, 0.25) is 0 Å². The Morgan fingerprint density at radius 3 is 2.27 bits per heavy atom. The van der Waals surface area contributed by atoms with E-state index in [-0.39, 0.29) is 0 Å². The fraction of sp³-hybridized carbons (Fsp3) is 0.727. The first-order valence-corrected chi connectivity index (χ1v) is 4.72. The number of hydrogen-bond donors (Lipinski definition) is 0. The van der Waals surface area contributed by atoms with E-state index in [1.807, 2.05) is 0 Å². The molecule has 0 saturated carbocycles. The highest BCUT2D eigenvalue weighted by atomic mass is 14.0. The van der Waals surface area contributed by atoms with Gasteiger partial charge in [0.05, 0.1) is 0 Å². The van der Waals surface area contributed by atoms with Crippen LogP contribution in [0.25, 0.3) is 0 Å². The van der Waals surface area contributed by atoms with Crippen molar-refractivity contribution in [3.63, 3.8) is 0 Å². The summed E-state index contributed by atoms with van der Waals surface area (Å²) in [5.74, 6) is 0. The summed E-state index contributed by atoms with van der Waals surface area (Å²) in [6, 6.07) is 0. The molecule has 0 nitrogen and oxygen atoms in total. The zero-order valence-electron chi connectivity index (χ0n) is 7.95. The van der Waals surface area contributed by atoms with E-state index >= 15 is 0 Å². The third-order valence-electron chi connectivity index (χ3n) is 1.88. The predicted octanol–water partition coefficient (Wildman–Crippen LogP) is 4.08. The van der Waals surface area contributed by atoms with Crippen LogP contribution in [0.15, 0.2) is 17.9 Å². The van der Waals surface area contributed by atoms with Crippen molar-refractivity contribution in [3.05, 3.63) is 17.9 Å². The van der Waals surface area contributed by atoms with Crippen LogP contribution < -0.4 is 0 Å². The van der Waals surface area contributed by atoms with Gasteiger partial charge in [-0.15, -0.1) is 5.73 Å². The fourth-order valence-corrected chi connectivity index (χ4v) is 1.19. The molecule has 0 unspecified atom stereocenters. The number of unbranched alkanes of at least 4 members (excludes halogenated alkanes) is 2. The lowest BCUT2D eigenvalue weighted by Crippen LogP contribution is -1.82. The van der Waals surface area contributed by atoms with E-state index in [0.717, 1.165) is 0 Å². The summed E-state index contributed by atoms with van der Waals surface area (Å²) in [6.07, 6.45) is 7.59. The maximum absolute atomic E-state index is 3.70. The van der Waals surface area contributed by atoms with E-state index in [4.69, 9.17) is 0 Å². The van der Waals surface area contributed by atoms with E-state index in [9.17, 15) is 0 Å². The predicted molar refractivity (Wildman–Crippen MR) is 51.7 cm³/mol. The highest BCUT2D eigenvalue weighted by Gasteiger charge is 1.93. The van der Waals surface area contributed by atoms with Crippen LogP contribution in [0.4, 0.5) is 0 Å². The van der Waals surface area contributed by atoms with E-state index in [2.05, 4.69) is 26.2 Å². The first kappa shape index (κ1) is 10.5. The number of allylic oxidation sites excluding steroid dienone is 1. The van der Waals surface area contributed by atoms with Gasteiger partial charge < -0.3 is 0 Å². The Morgan fingerprint density at radius 2 is 1.82 bits per heavy atom. The van der Waals surface area contributed by atoms with Gasteiger partial charge in [-0.3, -0.25) is 0 Å². The maximum atomic E-state index is 3.70. The summed E-state index contributed by atoms with van der Waals surface area (Å²) in [4.78, 5) is 0. The van der Waals surface area contributed by atoms with Gasteiger partial charge in [-0.1, -0.05) is 39.7 Å². The van der Waals surface area contributed by atoms with Gasteiger partial charge in [0.25, 0.3) is 0 Å². The summed E-state index contributed by atoms with van der Waals surface area (Å²) in [5.41, 5.74) is 4.45. The minimum Gasteiger partial charge on any atom is -0.130 e. The number of hydrogen-bond acceptors (Lipinski definition) is 0. The molecule has 0 bridgehead atoms. The minimum atomic E-state index is 1.19. The second-order valence-corrected chi connectivity index (χ2v) is 2.99. The third-order valence-corrected chi connectivity index (χ3v) is 1.88. The van der Waals surface area contributed by atoms with Gasteiger partial charge in [0.15, 0.2) is 0 Å². The molecular formula is C11H20. The van der Waals surface area contributed by atoms with Crippen molar-refractivity contribution >= 4 is 0 Å². The Morgan fingerprint density at radius 1 is 1.09 bits per heavy atom. The SMILES string of the molecule is C=C=C(CCC)CCCCC. The molecule has 0 aliphatic carbocycles. The van der Waals surface area contributed by atoms with E-state index in [0.29, 0.717) is 0 Å². The molecule has 0 rings (SSSR count). The quantitative estimate of drug-likeness (QED) is 0.397. The zero-order valence-corrected chi connectivity index (χ0v) is 7.95. The highest BCUT2D eigenvalue weighted by molar-refractivity contribution is 4.98. The van der Waals surface area contributed by atoms with Crippen LogP contribution in [0.1, 0.15) is 52.4 Å². The van der Waals surface area contributed by atoms with Crippen molar-refractivity contribution in [1.82, 2.24) is 0 Å². The van der Waals surface area contributed by atoms with Crippen LogP contribution in [-0.2, 0) is 0 Å². The lowest BCUT2D eigenvalue weighted by atomic mass is 10.0. The smallest absolute Gasteiger partial charge is 0.0244 e. The third kappa shape index (κ3) is 5.94. The molecule has 0 atom stereocenters. The topological polar surface area (TPSA) is 0 Å². The van der Waals surface area contributed by atoms with Crippen molar-refractivity contribution in [3.8, 4) is 0 Å². The van der Waals surface area contributed by atoms with Crippen LogP contribution in [-0.4, -0.2) is 0 Å². The molecule has 0 radical (unpaired) electrons. The fourth-order valence-electron chi connectivity index (χ4n) is 1.19. The zero-order chi connectivity index (χ0) is 8.53. The van der Waals surface area contributed by atoms with Crippen LogP contribution in [0, 0.1) is 0 Å². The molecule has 11 heavy (non-hydrogen) atoms. The monoisotopic (exact) mass is 152 g/mol. The molecule has 0 saturated heterocycles. The van der Waals surface area contributed by atoms with Crippen molar-refractivity contribution in [2.75, 3.05) is 0 Å². The van der Waals surface area contributed by atoms with Gasteiger partial charge in [0, 0.05) is 0 Å². The van der Waals surface area contributed by atoms with Crippen LogP contribution in [0.5, 0.6) is 0 Å². The van der Waals surface area contributed by atoms with Gasteiger partial charge in [-0.2, -0.15) is 0 Å². The summed E-state index contributed by atoms with van der Waals surface area (Å²) in [5, 5.41) is 0. The van der Waals surface area contributed by atoms with Gasteiger partial charge in [0.1, 0.15) is 0 Å². The van der Waals surface area contributed by atoms with E-state index < -0.39 is 0 Å². The van der Waals surface area contributed by atoms with Crippen molar-refractivity contribution in [1.29, 1.82) is 0 Å². The summed E-state index contributed by atoms with van der Waals surface area (Å²) >= 11 is 0. The minimum absolute atomic E-state index is 1.19. The Kier molecular flexibility index (Phi) is 7.29. The first-order valence-electron chi connectivity index (χ1n) is 4.72. The normalized spacial score (nSPS) is 9.27. The van der Waals surface area contributed by atoms with Gasteiger partial charge in [-0.05, 0) is 24.8 Å². The average molecular weight is 152 g/mol. The molecule has 0 aromatic carbocycles. The molecule has 0 N–H and O–H groups in total. The van der Waals surface area contributed by atoms with Gasteiger partial charge >= 0.3 is 0 Å². The average Bonchev–Trinajstić information content (AvgIpc) is 2.03. The molecule has 64 valence electrons. The Bertz CT molecular complexity index is 127. The molecule has 0 aliphatic rings. The molecular weight excluding hydrogens is 132 g/mol. The van der Waals surface area contributed by atoms with Crippen molar-refractivity contribution < 1.29 is 0 Å². The molecule has 0 aliphatic heterocycles. The van der Waals surface area contributed by atoms with Gasteiger partial charge in [-0.25, -0.2) is 0 Å². The molecule has 0 heteroatoms. The largest absolute Gasteiger partial charge is 0.130 e. The first-order chi connectivity index (χ1) is 5.35. The second-order valence-electron chi connectivity index (χ2n) is 2.99. The van der Waals surface area contributed by atoms with Crippen LogP contribution in [0.3, 0.4) is 0 Å². The lowest BCUT2D eigenvalue weighted by Gasteiger charge is -2.01. The standard InChI is InChI=1S/C11H20/c1-4-7-8-10-11(6-3)9-5-2/h3-5,7-10H2,1-2H3. The lowest BCUT2D eigenvalue weighted by molar-refractivity contribution is 0.692. The van der Waals surface area contributed by atoms with Gasteiger partial charge in [0.2, 0.25) is 0 Å². The molecule has 0 aromatic heterocycles. The summed E-state index contributed by atoms with van der Waals surface area (Å²) in [6.45, 7) is 8.14. The second kappa shape index (κ2) is 7.63. The molecule has 0 heterocycles. The van der Waals surface area contributed by atoms with Crippen molar-refractivity contribution in [2.45, 2.75) is 52.4 Å². The summed E-state index contributed by atoms with van der Waals surface area (Å²) in [7, 11) is 0. The summed E-state index contributed by atoms with van der Waals surface area (Å²) < 4.78 is 0. The van der Waals surface area contributed by atoms with E-state index in [1.54, 1.807) is 0 Å². The molecule has 0 amide bonds. The maximum Gasteiger partial charge on any atom is -0.0244 e. The number of rotatable bonds is 6. The van der Waals surface area contributed by atoms with E-state index in [1.165, 1.54) is 44.1 Å². The van der Waals surface area contributed by atoms with Crippen molar-refractivity contribution in [2.24, 2.45) is 0 Å². The Balaban J connectivity index is 3.46. The molecule has 0 spiro atoms. The molecule has 0 fully saturated rings. The van der Waals surface area contributed by atoms with Crippen LogP contribution >= 0.6 is 0 Å².